The number of hydrogen-bond acceptors (Lipinski definition) is 4. The minimum Gasteiger partial charge on any atom is -0.329 e. The van der Waals surface area contributed by atoms with Gasteiger partial charge in [-0.1, -0.05) is 0 Å². The lowest BCUT2D eigenvalue weighted by atomic mass is 10.3. The van der Waals surface area contributed by atoms with Crippen LogP contribution in [-0.4, -0.2) is 31.1 Å². The highest BCUT2D eigenvalue weighted by Crippen LogP contribution is 2.20. The molecule has 0 saturated carbocycles. The molecule has 0 aromatic carbocycles. The first kappa shape index (κ1) is 12.1. The van der Waals surface area contributed by atoms with Crippen LogP contribution in [0.4, 0.5) is 0 Å². The molecule has 0 amide bonds. The van der Waals surface area contributed by atoms with Gasteiger partial charge in [-0.05, 0) is 29.0 Å². The number of likely N-dealkylation sites (N-methyl/N-ethyl adjacent to an activating group) is 1. The number of hydrogen-bond donors (Lipinski definition) is 2. The molecule has 0 aliphatic rings. The van der Waals surface area contributed by atoms with E-state index in [1.54, 1.807) is 11.3 Å². The molecule has 0 fully saturated rings. The molecule has 0 spiro atoms. The van der Waals surface area contributed by atoms with Gasteiger partial charge < -0.3 is 11.5 Å². The van der Waals surface area contributed by atoms with Crippen molar-refractivity contribution in [2.75, 3.05) is 20.1 Å². The second-order valence-corrected chi connectivity index (χ2v) is 5.34. The Kier molecular flexibility index (Phi) is 5.05. The molecular formula is C9H16BrN3S. The summed E-state index contributed by atoms with van der Waals surface area (Å²) in [6, 6.07) is 2.21. The third kappa shape index (κ3) is 4.06. The summed E-state index contributed by atoms with van der Waals surface area (Å²) in [5, 5.41) is 2.09. The maximum Gasteiger partial charge on any atom is 0.0325 e. The van der Waals surface area contributed by atoms with E-state index in [0.29, 0.717) is 6.54 Å². The van der Waals surface area contributed by atoms with Gasteiger partial charge in [-0.25, -0.2) is 0 Å². The molecular weight excluding hydrogens is 262 g/mol. The van der Waals surface area contributed by atoms with Crippen molar-refractivity contribution in [2.45, 2.75) is 12.6 Å². The highest BCUT2D eigenvalue weighted by atomic mass is 79.9. The van der Waals surface area contributed by atoms with Crippen LogP contribution < -0.4 is 11.5 Å². The summed E-state index contributed by atoms with van der Waals surface area (Å²) in [7, 11) is 2.06. The maximum atomic E-state index is 5.76. The Balaban J connectivity index is 2.37. The topological polar surface area (TPSA) is 55.3 Å². The van der Waals surface area contributed by atoms with E-state index in [1.165, 1.54) is 4.88 Å². The van der Waals surface area contributed by atoms with Crippen molar-refractivity contribution in [3.8, 4) is 0 Å². The Bertz CT molecular complexity index is 277. The maximum absolute atomic E-state index is 5.76. The Morgan fingerprint density at radius 3 is 2.86 bits per heavy atom. The van der Waals surface area contributed by atoms with Crippen LogP contribution in [0, 0.1) is 0 Å². The average molecular weight is 278 g/mol. The summed E-state index contributed by atoms with van der Waals surface area (Å²) in [6.07, 6.45) is 0. The Morgan fingerprint density at radius 1 is 1.64 bits per heavy atom. The molecule has 1 heterocycles. The van der Waals surface area contributed by atoms with Crippen LogP contribution in [0.2, 0.25) is 0 Å². The lowest BCUT2D eigenvalue weighted by Gasteiger charge is -2.19. The summed E-state index contributed by atoms with van der Waals surface area (Å²) in [6.45, 7) is 2.31. The summed E-state index contributed by atoms with van der Waals surface area (Å²) < 4.78 is 1.15. The van der Waals surface area contributed by atoms with Gasteiger partial charge in [-0.15, -0.1) is 11.3 Å². The van der Waals surface area contributed by atoms with Gasteiger partial charge in [-0.3, -0.25) is 4.90 Å². The highest BCUT2D eigenvalue weighted by molar-refractivity contribution is 9.10. The van der Waals surface area contributed by atoms with Crippen molar-refractivity contribution in [3.05, 3.63) is 20.8 Å². The van der Waals surface area contributed by atoms with Crippen molar-refractivity contribution in [1.29, 1.82) is 0 Å². The van der Waals surface area contributed by atoms with E-state index in [1.807, 2.05) is 0 Å². The third-order valence-electron chi connectivity index (χ3n) is 1.90. The van der Waals surface area contributed by atoms with E-state index in [2.05, 4.69) is 39.3 Å². The molecule has 0 saturated heterocycles. The molecule has 1 unspecified atom stereocenters. The molecule has 1 rings (SSSR count). The molecule has 1 aromatic rings. The molecule has 5 heteroatoms. The van der Waals surface area contributed by atoms with Crippen molar-refractivity contribution < 1.29 is 0 Å². The van der Waals surface area contributed by atoms with Crippen LogP contribution in [0.15, 0.2) is 15.9 Å². The normalized spacial score (nSPS) is 13.5. The minimum atomic E-state index is 0.0726. The summed E-state index contributed by atoms with van der Waals surface area (Å²) in [5.41, 5.74) is 11.2. The summed E-state index contributed by atoms with van der Waals surface area (Å²) >= 11 is 5.19. The van der Waals surface area contributed by atoms with Crippen LogP contribution in [0.25, 0.3) is 0 Å². The zero-order chi connectivity index (χ0) is 10.6. The molecule has 1 atom stereocenters. The zero-order valence-corrected chi connectivity index (χ0v) is 10.6. The Labute approximate surface area is 97.2 Å². The molecule has 4 N–H and O–H groups in total. The third-order valence-corrected chi connectivity index (χ3v) is 3.58. The number of nitrogens with zero attached hydrogens (tertiary/aromatic N) is 1. The smallest absolute Gasteiger partial charge is 0.0325 e. The average Bonchev–Trinajstić information content (AvgIpc) is 2.50. The van der Waals surface area contributed by atoms with E-state index in [0.717, 1.165) is 17.6 Å². The van der Waals surface area contributed by atoms with Gasteiger partial charge in [0.15, 0.2) is 0 Å². The molecule has 0 aliphatic carbocycles. The fourth-order valence-corrected chi connectivity index (χ4v) is 2.77. The van der Waals surface area contributed by atoms with E-state index >= 15 is 0 Å². The minimum absolute atomic E-state index is 0.0726. The SMILES string of the molecule is CN(Cc1cc(Br)cs1)CC(N)CN. The fourth-order valence-electron chi connectivity index (χ4n) is 1.24. The van der Waals surface area contributed by atoms with E-state index < -0.39 is 0 Å². The Morgan fingerprint density at radius 2 is 2.36 bits per heavy atom. The molecule has 14 heavy (non-hydrogen) atoms. The Hall–Kier alpha value is 0.0600. The van der Waals surface area contributed by atoms with E-state index in [4.69, 9.17) is 11.5 Å². The number of nitrogens with two attached hydrogens (primary N) is 2. The largest absolute Gasteiger partial charge is 0.329 e. The fraction of sp³-hybridized carbons (Fsp3) is 0.556. The van der Waals surface area contributed by atoms with Gasteiger partial charge in [0.1, 0.15) is 0 Å². The molecule has 0 radical (unpaired) electrons. The van der Waals surface area contributed by atoms with Crippen LogP contribution >= 0.6 is 27.3 Å². The van der Waals surface area contributed by atoms with Gasteiger partial charge in [0, 0.05) is 40.4 Å². The second-order valence-electron chi connectivity index (χ2n) is 3.42. The molecule has 3 nitrogen and oxygen atoms in total. The molecule has 0 bridgehead atoms. The van der Waals surface area contributed by atoms with Gasteiger partial charge in [-0.2, -0.15) is 0 Å². The predicted octanol–water partition coefficient (Wildman–Crippen LogP) is 1.23. The van der Waals surface area contributed by atoms with Crippen molar-refractivity contribution >= 4 is 27.3 Å². The summed E-state index contributed by atoms with van der Waals surface area (Å²) in [5.74, 6) is 0. The highest BCUT2D eigenvalue weighted by Gasteiger charge is 2.06. The van der Waals surface area contributed by atoms with Crippen molar-refractivity contribution in [1.82, 2.24) is 4.90 Å². The van der Waals surface area contributed by atoms with Gasteiger partial charge in [0.25, 0.3) is 0 Å². The van der Waals surface area contributed by atoms with E-state index in [-0.39, 0.29) is 6.04 Å². The first-order valence-corrected chi connectivity index (χ1v) is 6.16. The van der Waals surface area contributed by atoms with Crippen LogP contribution in [0.5, 0.6) is 0 Å². The lowest BCUT2D eigenvalue weighted by molar-refractivity contribution is 0.307. The molecule has 1 aromatic heterocycles. The van der Waals surface area contributed by atoms with Crippen LogP contribution in [-0.2, 0) is 6.54 Å². The van der Waals surface area contributed by atoms with Crippen LogP contribution in [0.3, 0.4) is 0 Å². The predicted molar refractivity (Wildman–Crippen MR) is 65.4 cm³/mol. The molecule has 0 aliphatic heterocycles. The number of rotatable bonds is 5. The standard InChI is InChI=1S/C9H16BrN3S/c1-13(4-8(12)3-11)5-9-2-7(10)6-14-9/h2,6,8H,3-5,11-12H2,1H3. The lowest BCUT2D eigenvalue weighted by Crippen LogP contribution is -2.40. The second kappa shape index (κ2) is 5.82. The van der Waals surface area contributed by atoms with Gasteiger partial charge >= 0.3 is 0 Å². The summed E-state index contributed by atoms with van der Waals surface area (Å²) in [4.78, 5) is 3.53. The number of halogens is 1. The van der Waals surface area contributed by atoms with Crippen LogP contribution in [0.1, 0.15) is 4.88 Å². The molecule has 80 valence electrons. The quantitative estimate of drug-likeness (QED) is 0.851. The first-order valence-electron chi connectivity index (χ1n) is 4.49. The van der Waals surface area contributed by atoms with Gasteiger partial charge in [0.2, 0.25) is 0 Å². The first-order chi connectivity index (χ1) is 6.61. The monoisotopic (exact) mass is 277 g/mol. The van der Waals surface area contributed by atoms with Crippen molar-refractivity contribution in [3.63, 3.8) is 0 Å². The van der Waals surface area contributed by atoms with E-state index in [9.17, 15) is 0 Å². The van der Waals surface area contributed by atoms with Gasteiger partial charge in [0.05, 0.1) is 0 Å². The number of thiophene rings is 1. The zero-order valence-electron chi connectivity index (χ0n) is 8.24. The van der Waals surface area contributed by atoms with Crippen molar-refractivity contribution in [2.24, 2.45) is 11.5 Å².